The van der Waals surface area contributed by atoms with Crippen LogP contribution >= 0.6 is 11.6 Å². The molecule has 2 aromatic heterocycles. The van der Waals surface area contributed by atoms with Gasteiger partial charge in [0.25, 0.3) is 0 Å². The maximum Gasteiger partial charge on any atom is 0.418 e. The number of fused-ring (bicyclic) bond motifs is 1. The van der Waals surface area contributed by atoms with Crippen molar-refractivity contribution in [3.05, 3.63) is 65.6 Å². The Labute approximate surface area is 118 Å². The van der Waals surface area contributed by atoms with E-state index in [1.165, 1.54) is 6.07 Å². The van der Waals surface area contributed by atoms with Crippen LogP contribution in [0, 0.1) is 0 Å². The number of para-hydroxylation sites is 1. The largest absolute Gasteiger partial charge is 0.418 e. The summed E-state index contributed by atoms with van der Waals surface area (Å²) >= 11 is 5.43. The van der Waals surface area contributed by atoms with Gasteiger partial charge in [-0.2, -0.15) is 13.2 Å². The van der Waals surface area contributed by atoms with E-state index in [2.05, 4.69) is 9.97 Å². The summed E-state index contributed by atoms with van der Waals surface area (Å²) in [5, 5.41) is 0.762. The van der Waals surface area contributed by atoms with Crippen LogP contribution in [0.5, 0.6) is 0 Å². The van der Waals surface area contributed by atoms with Crippen molar-refractivity contribution in [1.82, 2.24) is 9.97 Å². The van der Waals surface area contributed by atoms with E-state index in [-0.39, 0.29) is 5.39 Å². The molecule has 2 nitrogen and oxygen atoms in total. The summed E-state index contributed by atoms with van der Waals surface area (Å²) in [5.74, 6) is 0. The fourth-order valence-electron chi connectivity index (χ4n) is 1.65. The van der Waals surface area contributed by atoms with E-state index in [1.54, 1.807) is 30.5 Å². The molecule has 1 N–H and O–H groups in total. The summed E-state index contributed by atoms with van der Waals surface area (Å²) in [4.78, 5) is 6.32. The number of halogens is 4. The van der Waals surface area contributed by atoms with Crippen molar-refractivity contribution in [3.8, 4) is 0 Å². The number of rotatable bonds is 0. The second-order valence-electron chi connectivity index (χ2n) is 3.90. The van der Waals surface area contributed by atoms with Crippen LogP contribution in [0.1, 0.15) is 5.56 Å². The molecule has 0 fully saturated rings. The van der Waals surface area contributed by atoms with E-state index < -0.39 is 11.7 Å². The Bertz CT molecular complexity index is 677. The summed E-state index contributed by atoms with van der Waals surface area (Å²) in [7, 11) is 0. The predicted molar refractivity (Wildman–Crippen MR) is 72.5 cm³/mol. The van der Waals surface area contributed by atoms with Gasteiger partial charge < -0.3 is 4.98 Å². The number of aromatic nitrogens is 2. The van der Waals surface area contributed by atoms with Gasteiger partial charge in [0.15, 0.2) is 0 Å². The monoisotopic (exact) mass is 298 g/mol. The molecule has 0 aliphatic heterocycles. The van der Waals surface area contributed by atoms with E-state index in [4.69, 9.17) is 11.6 Å². The first-order valence-corrected chi connectivity index (χ1v) is 6.06. The molecule has 104 valence electrons. The normalized spacial score (nSPS) is 11.0. The van der Waals surface area contributed by atoms with Gasteiger partial charge in [0.2, 0.25) is 0 Å². The van der Waals surface area contributed by atoms with Crippen LogP contribution < -0.4 is 0 Å². The third kappa shape index (κ3) is 3.51. The summed E-state index contributed by atoms with van der Waals surface area (Å²) < 4.78 is 37.0. The van der Waals surface area contributed by atoms with Crippen molar-refractivity contribution >= 4 is 22.5 Å². The number of alkyl halides is 3. The molecule has 0 saturated heterocycles. The van der Waals surface area contributed by atoms with Gasteiger partial charge in [0.1, 0.15) is 5.15 Å². The Morgan fingerprint density at radius 3 is 2.25 bits per heavy atom. The molecule has 0 saturated carbocycles. The SMILES string of the molecule is Clc1ccccn1.FC(F)(F)c1c[nH]c2ccccc12. The molecule has 20 heavy (non-hydrogen) atoms. The van der Waals surface area contributed by atoms with E-state index in [0.29, 0.717) is 10.7 Å². The van der Waals surface area contributed by atoms with Crippen LogP contribution in [-0.2, 0) is 6.18 Å². The predicted octanol–water partition coefficient (Wildman–Crippen LogP) is 4.92. The highest BCUT2D eigenvalue weighted by molar-refractivity contribution is 6.29. The van der Waals surface area contributed by atoms with Gasteiger partial charge in [0, 0.05) is 23.3 Å². The zero-order valence-electron chi connectivity index (χ0n) is 10.2. The van der Waals surface area contributed by atoms with Gasteiger partial charge in [-0.1, -0.05) is 35.9 Å². The Kier molecular flexibility index (Phi) is 4.29. The van der Waals surface area contributed by atoms with Crippen LogP contribution in [-0.4, -0.2) is 9.97 Å². The molecule has 2 heterocycles. The van der Waals surface area contributed by atoms with Crippen LogP contribution in [0.4, 0.5) is 13.2 Å². The van der Waals surface area contributed by atoms with E-state index in [1.807, 2.05) is 12.1 Å². The standard InChI is InChI=1S/C9H6F3N.C5H4ClN/c10-9(11,12)7-5-13-8-4-2-1-3-6(7)8;6-5-3-1-2-4-7-5/h1-5,13H;1-4H. The van der Waals surface area contributed by atoms with Crippen LogP contribution in [0.2, 0.25) is 5.15 Å². The molecule has 3 aromatic rings. The van der Waals surface area contributed by atoms with Crippen LogP contribution in [0.15, 0.2) is 54.9 Å². The lowest BCUT2D eigenvalue weighted by Crippen LogP contribution is -2.02. The number of nitrogens with one attached hydrogen (secondary N) is 1. The fraction of sp³-hybridized carbons (Fsp3) is 0.0714. The average Bonchev–Trinajstić information content (AvgIpc) is 2.84. The molecule has 3 rings (SSSR count). The first-order chi connectivity index (χ1) is 9.48. The van der Waals surface area contributed by atoms with Crippen molar-refractivity contribution in [1.29, 1.82) is 0 Å². The number of hydrogen-bond acceptors (Lipinski definition) is 1. The fourth-order valence-corrected chi connectivity index (χ4v) is 1.78. The molecular weight excluding hydrogens is 289 g/mol. The maximum atomic E-state index is 12.3. The van der Waals surface area contributed by atoms with Crippen molar-refractivity contribution in [2.75, 3.05) is 0 Å². The number of benzene rings is 1. The molecule has 0 bridgehead atoms. The molecule has 6 heteroatoms. The molecule has 0 aliphatic rings. The second kappa shape index (κ2) is 5.96. The third-order valence-corrected chi connectivity index (χ3v) is 2.75. The molecule has 0 aliphatic carbocycles. The molecule has 1 aromatic carbocycles. The summed E-state index contributed by atoms with van der Waals surface area (Å²) in [6.45, 7) is 0. The Hall–Kier alpha value is -2.01. The van der Waals surface area contributed by atoms with Gasteiger partial charge in [0.05, 0.1) is 5.56 Å². The maximum absolute atomic E-state index is 12.3. The lowest BCUT2D eigenvalue weighted by atomic mass is 10.2. The lowest BCUT2D eigenvalue weighted by molar-refractivity contribution is -0.136. The highest BCUT2D eigenvalue weighted by Gasteiger charge is 2.33. The van der Waals surface area contributed by atoms with E-state index in [0.717, 1.165) is 6.20 Å². The lowest BCUT2D eigenvalue weighted by Gasteiger charge is -2.02. The highest BCUT2D eigenvalue weighted by atomic mass is 35.5. The first-order valence-electron chi connectivity index (χ1n) is 5.68. The Balaban J connectivity index is 0.000000178. The van der Waals surface area contributed by atoms with Crippen molar-refractivity contribution < 1.29 is 13.2 Å². The van der Waals surface area contributed by atoms with Gasteiger partial charge in [-0.05, 0) is 18.2 Å². The minimum atomic E-state index is -4.28. The summed E-state index contributed by atoms with van der Waals surface area (Å²) in [6.07, 6.45) is -1.63. The summed E-state index contributed by atoms with van der Waals surface area (Å²) in [6, 6.07) is 11.8. The number of nitrogens with zero attached hydrogens (tertiary/aromatic N) is 1. The number of pyridine rings is 1. The molecular formula is C14H10ClF3N2. The smallest absolute Gasteiger partial charge is 0.361 e. The molecule has 0 radical (unpaired) electrons. The van der Waals surface area contributed by atoms with Gasteiger partial charge in [-0.3, -0.25) is 0 Å². The van der Waals surface area contributed by atoms with Crippen molar-refractivity contribution in [2.45, 2.75) is 6.18 Å². The number of hydrogen-bond donors (Lipinski definition) is 1. The van der Waals surface area contributed by atoms with Gasteiger partial charge >= 0.3 is 6.18 Å². The van der Waals surface area contributed by atoms with Crippen LogP contribution in [0.3, 0.4) is 0 Å². The summed E-state index contributed by atoms with van der Waals surface area (Å²) in [5.41, 5.74) is -0.0991. The minimum Gasteiger partial charge on any atom is -0.361 e. The van der Waals surface area contributed by atoms with E-state index in [9.17, 15) is 13.2 Å². The van der Waals surface area contributed by atoms with Crippen molar-refractivity contribution in [3.63, 3.8) is 0 Å². The molecule has 0 unspecified atom stereocenters. The van der Waals surface area contributed by atoms with Crippen LogP contribution in [0.25, 0.3) is 10.9 Å². The zero-order valence-corrected chi connectivity index (χ0v) is 10.9. The quantitative estimate of drug-likeness (QED) is 0.586. The van der Waals surface area contributed by atoms with Gasteiger partial charge in [-0.25, -0.2) is 4.98 Å². The highest BCUT2D eigenvalue weighted by Crippen LogP contribution is 2.34. The Morgan fingerprint density at radius 1 is 1.00 bits per heavy atom. The second-order valence-corrected chi connectivity index (χ2v) is 4.29. The first kappa shape index (κ1) is 14.4. The minimum absolute atomic E-state index is 0.218. The molecule has 0 atom stereocenters. The topological polar surface area (TPSA) is 28.7 Å². The number of H-pyrrole nitrogens is 1. The van der Waals surface area contributed by atoms with Crippen molar-refractivity contribution in [2.24, 2.45) is 0 Å². The molecule has 0 spiro atoms. The Morgan fingerprint density at radius 2 is 1.70 bits per heavy atom. The number of aromatic amines is 1. The average molecular weight is 299 g/mol. The zero-order chi connectivity index (χ0) is 14.6. The molecule has 0 amide bonds. The van der Waals surface area contributed by atoms with Gasteiger partial charge in [-0.15, -0.1) is 0 Å². The third-order valence-electron chi connectivity index (χ3n) is 2.52. The van der Waals surface area contributed by atoms with E-state index >= 15 is 0 Å².